The molecule has 12 heteroatoms. The molecule has 0 aromatic heterocycles. The van der Waals surface area contributed by atoms with Crippen molar-refractivity contribution < 1.29 is 24.3 Å². The average molecular weight is 478 g/mol. The van der Waals surface area contributed by atoms with Crippen molar-refractivity contribution in [1.82, 2.24) is 16.0 Å². The first-order valence-electron chi connectivity index (χ1n) is 11.0. The molecule has 12 nitrogen and oxygen atoms in total. The number of aliphatic imine (C=N–C) groups is 1. The van der Waals surface area contributed by atoms with Crippen molar-refractivity contribution in [2.75, 3.05) is 13.1 Å². The lowest BCUT2D eigenvalue weighted by molar-refractivity contribution is -0.138. The summed E-state index contributed by atoms with van der Waals surface area (Å²) in [6.45, 7) is 3.20. The van der Waals surface area contributed by atoms with Gasteiger partial charge in [0.1, 0.15) is 18.6 Å². The van der Waals surface area contributed by atoms with Crippen molar-refractivity contribution in [3.63, 3.8) is 0 Å². The lowest BCUT2D eigenvalue weighted by atomic mass is 10.0. The van der Waals surface area contributed by atoms with E-state index >= 15 is 0 Å². The first-order valence-corrected chi connectivity index (χ1v) is 11.0. The van der Waals surface area contributed by atoms with Crippen LogP contribution in [-0.2, 0) is 25.6 Å². The van der Waals surface area contributed by atoms with E-state index in [1.165, 1.54) is 0 Å². The monoisotopic (exact) mass is 477 g/mol. The average Bonchev–Trinajstić information content (AvgIpc) is 2.78. The quantitative estimate of drug-likeness (QED) is 0.0942. The van der Waals surface area contributed by atoms with Gasteiger partial charge >= 0.3 is 5.97 Å². The van der Waals surface area contributed by atoms with Gasteiger partial charge < -0.3 is 38.3 Å². The summed E-state index contributed by atoms with van der Waals surface area (Å²) in [6.07, 6.45) is 0.688. The SMILES string of the molecule is CC(C)C(N)C(=O)NC(CCCN=C(N)N)C(=O)NC(Cc1ccccc1)C(=O)NCC(=O)O. The van der Waals surface area contributed by atoms with Gasteiger partial charge in [0.2, 0.25) is 17.7 Å². The number of hydrogen-bond donors (Lipinski definition) is 7. The number of guanidine groups is 1. The van der Waals surface area contributed by atoms with Crippen LogP contribution in [0.4, 0.5) is 0 Å². The first-order chi connectivity index (χ1) is 16.0. The summed E-state index contributed by atoms with van der Waals surface area (Å²) in [5.74, 6) is -3.25. The largest absolute Gasteiger partial charge is 0.480 e. The molecule has 188 valence electrons. The molecule has 0 radical (unpaired) electrons. The molecular weight excluding hydrogens is 442 g/mol. The van der Waals surface area contributed by atoms with Gasteiger partial charge in [-0.1, -0.05) is 44.2 Å². The van der Waals surface area contributed by atoms with Gasteiger partial charge in [-0.25, -0.2) is 0 Å². The number of nitrogens with one attached hydrogen (secondary N) is 3. The van der Waals surface area contributed by atoms with Gasteiger partial charge in [0.05, 0.1) is 6.04 Å². The lowest BCUT2D eigenvalue weighted by Crippen LogP contribution is -2.57. The Kier molecular flexibility index (Phi) is 12.1. The Morgan fingerprint density at radius 2 is 1.59 bits per heavy atom. The zero-order chi connectivity index (χ0) is 25.7. The van der Waals surface area contributed by atoms with Gasteiger partial charge in [-0.15, -0.1) is 0 Å². The third kappa shape index (κ3) is 10.8. The number of amides is 3. The van der Waals surface area contributed by atoms with Crippen molar-refractivity contribution in [1.29, 1.82) is 0 Å². The predicted molar refractivity (Wildman–Crippen MR) is 127 cm³/mol. The minimum absolute atomic E-state index is 0.0927. The molecule has 0 saturated carbocycles. The molecule has 3 unspecified atom stereocenters. The van der Waals surface area contributed by atoms with E-state index in [-0.39, 0.29) is 31.3 Å². The second kappa shape index (κ2) is 14.5. The Morgan fingerprint density at radius 3 is 2.15 bits per heavy atom. The van der Waals surface area contributed by atoms with Gasteiger partial charge in [-0.2, -0.15) is 0 Å². The number of benzene rings is 1. The molecule has 0 bridgehead atoms. The van der Waals surface area contributed by atoms with Gasteiger partial charge in [0.15, 0.2) is 5.96 Å². The summed E-state index contributed by atoms with van der Waals surface area (Å²) < 4.78 is 0. The van der Waals surface area contributed by atoms with E-state index in [9.17, 15) is 19.2 Å². The molecular formula is C22H35N7O5. The number of carboxylic acids is 1. The molecule has 10 N–H and O–H groups in total. The minimum atomic E-state index is -1.22. The number of nitrogens with two attached hydrogens (primary N) is 3. The van der Waals surface area contributed by atoms with Gasteiger partial charge in [-0.3, -0.25) is 24.2 Å². The van der Waals surface area contributed by atoms with E-state index in [4.69, 9.17) is 22.3 Å². The van der Waals surface area contributed by atoms with Crippen molar-refractivity contribution in [3.05, 3.63) is 35.9 Å². The number of aliphatic carboxylic acids is 1. The van der Waals surface area contributed by atoms with Crippen molar-refractivity contribution >= 4 is 29.7 Å². The Bertz CT molecular complexity index is 856. The number of carboxylic acid groups (broad SMARTS) is 1. The van der Waals surface area contributed by atoms with Gasteiger partial charge in [0, 0.05) is 13.0 Å². The van der Waals surface area contributed by atoms with Crippen molar-refractivity contribution in [3.8, 4) is 0 Å². The molecule has 0 aliphatic rings. The molecule has 0 fully saturated rings. The van der Waals surface area contributed by atoms with E-state index in [1.807, 2.05) is 6.07 Å². The lowest BCUT2D eigenvalue weighted by Gasteiger charge is -2.25. The van der Waals surface area contributed by atoms with E-state index in [2.05, 4.69) is 20.9 Å². The molecule has 0 aliphatic heterocycles. The van der Waals surface area contributed by atoms with E-state index in [0.29, 0.717) is 6.42 Å². The molecule has 0 saturated heterocycles. The number of carbonyl (C=O) groups excluding carboxylic acids is 3. The summed E-state index contributed by atoms with van der Waals surface area (Å²) in [5, 5.41) is 16.4. The van der Waals surface area contributed by atoms with Crippen LogP contribution in [0.15, 0.2) is 35.3 Å². The van der Waals surface area contributed by atoms with Crippen LogP contribution in [0.1, 0.15) is 32.3 Å². The van der Waals surface area contributed by atoms with Crippen LogP contribution in [0.2, 0.25) is 0 Å². The number of carbonyl (C=O) groups is 4. The van der Waals surface area contributed by atoms with Crippen LogP contribution in [-0.4, -0.2) is 66.0 Å². The maximum Gasteiger partial charge on any atom is 0.322 e. The fraction of sp³-hybridized carbons (Fsp3) is 0.500. The third-order valence-corrected chi connectivity index (χ3v) is 4.93. The Morgan fingerprint density at radius 1 is 0.971 bits per heavy atom. The molecule has 1 rings (SSSR count). The minimum Gasteiger partial charge on any atom is -0.480 e. The molecule has 0 spiro atoms. The fourth-order valence-electron chi connectivity index (χ4n) is 2.96. The van der Waals surface area contributed by atoms with Crippen LogP contribution >= 0.6 is 0 Å². The van der Waals surface area contributed by atoms with Crippen molar-refractivity contribution in [2.45, 2.75) is 51.2 Å². The zero-order valence-electron chi connectivity index (χ0n) is 19.5. The zero-order valence-corrected chi connectivity index (χ0v) is 19.5. The van der Waals surface area contributed by atoms with Gasteiger partial charge in [-0.05, 0) is 24.3 Å². The van der Waals surface area contributed by atoms with Crippen LogP contribution in [0.25, 0.3) is 0 Å². The molecule has 34 heavy (non-hydrogen) atoms. The van der Waals surface area contributed by atoms with Crippen LogP contribution in [0, 0.1) is 5.92 Å². The summed E-state index contributed by atoms with van der Waals surface area (Å²) in [6, 6.07) is 6.03. The molecule has 0 heterocycles. The standard InChI is InChI=1S/C22H35N7O5/c1-13(2)18(23)21(34)28-15(9-6-10-26-22(24)25)20(33)29-16(19(32)27-12-17(30)31)11-14-7-4-3-5-8-14/h3-5,7-8,13,15-16,18H,6,9-12,23H2,1-2H3,(H,27,32)(H,28,34)(H,29,33)(H,30,31)(H4,24,25,26). The Balaban J connectivity index is 3.02. The summed E-state index contributed by atoms with van der Waals surface area (Å²) >= 11 is 0. The second-order valence-corrected chi connectivity index (χ2v) is 8.14. The normalized spacial score (nSPS) is 13.3. The van der Waals surface area contributed by atoms with Crippen LogP contribution in [0.3, 0.4) is 0 Å². The Labute approximate surface area is 198 Å². The van der Waals surface area contributed by atoms with Gasteiger partial charge in [0.25, 0.3) is 0 Å². The maximum absolute atomic E-state index is 13.1. The first kappa shape index (κ1) is 28.4. The highest BCUT2D eigenvalue weighted by molar-refractivity contribution is 5.93. The molecule has 3 atom stereocenters. The summed E-state index contributed by atoms with van der Waals surface area (Å²) in [5.41, 5.74) is 17.3. The highest BCUT2D eigenvalue weighted by Gasteiger charge is 2.29. The number of rotatable bonds is 14. The molecule has 0 aliphatic carbocycles. The van der Waals surface area contributed by atoms with Crippen molar-refractivity contribution in [2.24, 2.45) is 28.1 Å². The van der Waals surface area contributed by atoms with Crippen LogP contribution < -0.4 is 33.2 Å². The summed E-state index contributed by atoms with van der Waals surface area (Å²) in [7, 11) is 0. The molecule has 1 aromatic rings. The topological polar surface area (TPSA) is 215 Å². The number of nitrogens with zero attached hydrogens (tertiary/aromatic N) is 1. The highest BCUT2D eigenvalue weighted by Crippen LogP contribution is 2.07. The van der Waals surface area contributed by atoms with E-state index in [1.54, 1.807) is 38.1 Å². The summed E-state index contributed by atoms with van der Waals surface area (Å²) in [4.78, 5) is 52.9. The molecule has 3 amide bonds. The maximum atomic E-state index is 13.1. The van der Waals surface area contributed by atoms with Crippen LogP contribution in [0.5, 0.6) is 0 Å². The highest BCUT2D eigenvalue weighted by atomic mass is 16.4. The third-order valence-electron chi connectivity index (χ3n) is 4.93. The molecule has 1 aromatic carbocycles. The Hall–Kier alpha value is -3.67. The second-order valence-electron chi connectivity index (χ2n) is 8.14. The number of hydrogen-bond acceptors (Lipinski definition) is 6. The smallest absolute Gasteiger partial charge is 0.322 e. The van der Waals surface area contributed by atoms with E-state index in [0.717, 1.165) is 5.56 Å². The predicted octanol–water partition coefficient (Wildman–Crippen LogP) is -1.56. The van der Waals surface area contributed by atoms with E-state index < -0.39 is 48.4 Å². The fourth-order valence-corrected chi connectivity index (χ4v) is 2.96.